The van der Waals surface area contributed by atoms with E-state index in [-0.39, 0.29) is 29.4 Å². The zero-order chi connectivity index (χ0) is 23.7. The van der Waals surface area contributed by atoms with E-state index in [9.17, 15) is 39.6 Å². The molecule has 0 spiro atoms. The number of carbonyl (C=O) groups excluding carboxylic acids is 1. The van der Waals surface area contributed by atoms with E-state index < -0.39 is 44.3 Å². The largest absolute Gasteiger partial charge is 0.416 e. The molecule has 0 atom stereocenters. The molecule has 5 nitrogen and oxygen atoms in total. The minimum Gasteiger partial charge on any atom is -0.339 e. The van der Waals surface area contributed by atoms with Crippen LogP contribution in [-0.2, 0) is 22.4 Å². The Morgan fingerprint density at radius 3 is 1.91 bits per heavy atom. The first-order valence-electron chi connectivity index (χ1n) is 9.50. The van der Waals surface area contributed by atoms with Crippen molar-refractivity contribution in [3.05, 3.63) is 59.2 Å². The summed E-state index contributed by atoms with van der Waals surface area (Å²) in [6, 6.07) is 5.49. The highest BCUT2D eigenvalue weighted by atomic mass is 32.2. The summed E-state index contributed by atoms with van der Waals surface area (Å²) >= 11 is 0. The van der Waals surface area contributed by atoms with Crippen LogP contribution in [0.25, 0.3) is 0 Å². The van der Waals surface area contributed by atoms with Gasteiger partial charge in [-0.25, -0.2) is 8.42 Å². The molecule has 1 amide bonds. The summed E-state index contributed by atoms with van der Waals surface area (Å²) in [6.45, 7) is 0.922. The number of anilines is 1. The first kappa shape index (κ1) is 23.9. The van der Waals surface area contributed by atoms with Gasteiger partial charge in [0.15, 0.2) is 0 Å². The number of nitrogens with zero attached hydrogens (tertiary/aromatic N) is 1. The molecule has 1 heterocycles. The number of carbonyl (C=O) groups is 1. The summed E-state index contributed by atoms with van der Waals surface area (Å²) in [5.74, 6) is -0.483. The molecule has 174 valence electrons. The highest BCUT2D eigenvalue weighted by Gasteiger charge is 2.38. The van der Waals surface area contributed by atoms with Gasteiger partial charge in [-0.15, -0.1) is 0 Å². The van der Waals surface area contributed by atoms with Crippen molar-refractivity contribution in [1.29, 1.82) is 0 Å². The number of benzene rings is 2. The Balaban J connectivity index is 2.01. The van der Waals surface area contributed by atoms with Crippen molar-refractivity contribution in [3.8, 4) is 0 Å². The van der Waals surface area contributed by atoms with E-state index in [2.05, 4.69) is 0 Å². The number of likely N-dealkylation sites (tertiary alicyclic amines) is 1. The van der Waals surface area contributed by atoms with E-state index in [4.69, 9.17) is 0 Å². The molecular formula is C20H18F6N2O3S. The number of amides is 1. The van der Waals surface area contributed by atoms with Gasteiger partial charge in [0.05, 0.1) is 27.3 Å². The molecule has 0 radical (unpaired) electrons. The summed E-state index contributed by atoms with van der Waals surface area (Å²) in [5, 5.41) is 0. The van der Waals surface area contributed by atoms with Gasteiger partial charge in [0.2, 0.25) is 0 Å². The lowest BCUT2D eigenvalue weighted by Gasteiger charge is -2.27. The van der Waals surface area contributed by atoms with E-state index in [1.807, 2.05) is 4.72 Å². The molecule has 0 aliphatic carbocycles. The van der Waals surface area contributed by atoms with Crippen LogP contribution in [0.4, 0.5) is 32.0 Å². The average Bonchev–Trinajstić information content (AvgIpc) is 2.72. The molecule has 1 fully saturated rings. The summed E-state index contributed by atoms with van der Waals surface area (Å²) in [5.41, 5.74) is -3.81. The number of nitrogens with one attached hydrogen (secondary N) is 1. The molecule has 0 unspecified atom stereocenters. The lowest BCUT2D eigenvalue weighted by atomic mass is 10.1. The van der Waals surface area contributed by atoms with Gasteiger partial charge in [-0.05, 0) is 49.6 Å². The number of para-hydroxylation sites is 1. The van der Waals surface area contributed by atoms with E-state index in [0.717, 1.165) is 19.3 Å². The molecule has 2 aromatic rings. The molecule has 1 N–H and O–H groups in total. The zero-order valence-electron chi connectivity index (χ0n) is 16.4. The Morgan fingerprint density at radius 2 is 1.38 bits per heavy atom. The van der Waals surface area contributed by atoms with E-state index in [1.54, 1.807) is 0 Å². The molecule has 2 aromatic carbocycles. The van der Waals surface area contributed by atoms with Gasteiger partial charge in [-0.3, -0.25) is 9.52 Å². The summed E-state index contributed by atoms with van der Waals surface area (Å²) < 4.78 is 106. The Morgan fingerprint density at radius 1 is 0.844 bits per heavy atom. The van der Waals surface area contributed by atoms with Gasteiger partial charge in [-0.2, -0.15) is 26.3 Å². The van der Waals surface area contributed by atoms with Crippen molar-refractivity contribution in [3.63, 3.8) is 0 Å². The van der Waals surface area contributed by atoms with Gasteiger partial charge < -0.3 is 4.90 Å². The van der Waals surface area contributed by atoms with E-state index in [0.29, 0.717) is 13.1 Å². The van der Waals surface area contributed by atoms with Crippen molar-refractivity contribution in [2.24, 2.45) is 0 Å². The number of alkyl halides is 6. The van der Waals surface area contributed by atoms with Crippen molar-refractivity contribution >= 4 is 21.6 Å². The van der Waals surface area contributed by atoms with E-state index in [1.165, 1.54) is 29.2 Å². The van der Waals surface area contributed by atoms with Crippen LogP contribution < -0.4 is 4.72 Å². The fraction of sp³-hybridized carbons (Fsp3) is 0.350. The van der Waals surface area contributed by atoms with Gasteiger partial charge in [0.25, 0.3) is 15.9 Å². The van der Waals surface area contributed by atoms with Gasteiger partial charge in [0, 0.05) is 13.1 Å². The topological polar surface area (TPSA) is 66.5 Å². The Bertz CT molecular complexity index is 1070. The molecule has 0 aromatic heterocycles. The minimum absolute atomic E-state index is 0.0546. The number of hydrogen-bond donors (Lipinski definition) is 1. The van der Waals surface area contributed by atoms with Crippen LogP contribution in [0.15, 0.2) is 47.4 Å². The van der Waals surface area contributed by atoms with Crippen molar-refractivity contribution < 1.29 is 39.6 Å². The maximum absolute atomic E-state index is 13.1. The fourth-order valence-electron chi connectivity index (χ4n) is 3.31. The fourth-order valence-corrected chi connectivity index (χ4v) is 4.46. The number of hydrogen-bond acceptors (Lipinski definition) is 3. The molecule has 1 aliphatic rings. The second-order valence-corrected chi connectivity index (χ2v) is 8.93. The second-order valence-electron chi connectivity index (χ2n) is 7.25. The number of halogens is 6. The molecule has 1 aliphatic heterocycles. The third-order valence-corrected chi connectivity index (χ3v) is 6.26. The van der Waals surface area contributed by atoms with Gasteiger partial charge in [0.1, 0.15) is 0 Å². The summed E-state index contributed by atoms with van der Waals surface area (Å²) in [7, 11) is -4.89. The van der Waals surface area contributed by atoms with Crippen molar-refractivity contribution in [2.75, 3.05) is 17.8 Å². The van der Waals surface area contributed by atoms with Crippen LogP contribution in [0.3, 0.4) is 0 Å². The van der Waals surface area contributed by atoms with Crippen LogP contribution in [0.2, 0.25) is 0 Å². The molecule has 12 heteroatoms. The Kier molecular flexibility index (Phi) is 6.45. The van der Waals surface area contributed by atoms with Crippen LogP contribution in [0.1, 0.15) is 40.7 Å². The molecule has 1 saturated heterocycles. The molecule has 0 saturated carbocycles. The normalized spacial score (nSPS) is 15.5. The first-order valence-corrected chi connectivity index (χ1v) is 11.0. The quantitative estimate of drug-likeness (QED) is 0.616. The summed E-state index contributed by atoms with van der Waals surface area (Å²) in [4.78, 5) is 13.1. The van der Waals surface area contributed by atoms with Crippen molar-refractivity contribution in [2.45, 2.75) is 36.5 Å². The van der Waals surface area contributed by atoms with Crippen LogP contribution in [0, 0.1) is 0 Å². The zero-order valence-corrected chi connectivity index (χ0v) is 17.2. The predicted molar refractivity (Wildman–Crippen MR) is 103 cm³/mol. The molecule has 32 heavy (non-hydrogen) atoms. The average molecular weight is 480 g/mol. The molecular weight excluding hydrogens is 462 g/mol. The summed E-state index contributed by atoms with van der Waals surface area (Å²) in [6.07, 6.45) is -7.93. The smallest absolute Gasteiger partial charge is 0.339 e. The monoisotopic (exact) mass is 480 g/mol. The van der Waals surface area contributed by atoms with E-state index >= 15 is 0 Å². The highest BCUT2D eigenvalue weighted by Crippen LogP contribution is 2.37. The predicted octanol–water partition coefficient (Wildman–Crippen LogP) is 5.15. The second kappa shape index (κ2) is 8.64. The van der Waals surface area contributed by atoms with Crippen molar-refractivity contribution in [1.82, 2.24) is 4.90 Å². The SMILES string of the molecule is O=C(c1ccccc1NS(=O)(=O)c1cc(C(F)(F)F)cc(C(F)(F)F)c1)N1CCCCC1. The lowest BCUT2D eigenvalue weighted by molar-refractivity contribution is -0.143. The van der Waals surface area contributed by atoms with Gasteiger partial charge in [-0.1, -0.05) is 12.1 Å². The minimum atomic E-state index is -5.20. The van der Waals surface area contributed by atoms with Crippen LogP contribution in [-0.4, -0.2) is 32.3 Å². The van der Waals surface area contributed by atoms with Crippen LogP contribution in [0.5, 0.6) is 0 Å². The third kappa shape index (κ3) is 5.34. The van der Waals surface area contributed by atoms with Gasteiger partial charge >= 0.3 is 12.4 Å². The number of piperidine rings is 1. The third-order valence-electron chi connectivity index (χ3n) is 4.92. The molecule has 3 rings (SSSR count). The first-order chi connectivity index (χ1) is 14.8. The maximum Gasteiger partial charge on any atom is 0.416 e. The Hall–Kier alpha value is -2.76. The number of sulfonamides is 1. The Labute approximate surface area is 180 Å². The maximum atomic E-state index is 13.1. The number of rotatable bonds is 4. The van der Waals surface area contributed by atoms with Crippen LogP contribution >= 0.6 is 0 Å². The highest BCUT2D eigenvalue weighted by molar-refractivity contribution is 7.92. The standard InChI is InChI=1S/C20H18F6N2O3S/c21-19(22,23)13-10-14(20(24,25)26)12-15(11-13)32(30,31)27-17-7-3-2-6-16(17)18(29)28-8-4-1-5-9-28/h2-3,6-7,10-12,27H,1,4-5,8-9H2. The lowest BCUT2D eigenvalue weighted by Crippen LogP contribution is -2.36. The molecule has 0 bridgehead atoms.